The van der Waals surface area contributed by atoms with Crippen LogP contribution in [0.5, 0.6) is 0 Å². The van der Waals surface area contributed by atoms with Crippen molar-refractivity contribution in [3.8, 4) is 22.5 Å². The van der Waals surface area contributed by atoms with Gasteiger partial charge in [-0.05, 0) is 12.6 Å². The predicted octanol–water partition coefficient (Wildman–Crippen LogP) is 3.31. The molecule has 0 saturated carbocycles. The van der Waals surface area contributed by atoms with Crippen LogP contribution in [0.1, 0.15) is 5.82 Å². The fourth-order valence-corrected chi connectivity index (χ4v) is 2.25. The van der Waals surface area contributed by atoms with Gasteiger partial charge in [-0.1, -0.05) is 60.7 Å². The van der Waals surface area contributed by atoms with E-state index in [0.717, 1.165) is 28.3 Å². The molecule has 0 radical (unpaired) electrons. The molecule has 3 heteroatoms. The highest BCUT2D eigenvalue weighted by Crippen LogP contribution is 2.23. The third-order valence-corrected chi connectivity index (χ3v) is 3.28. The van der Waals surface area contributed by atoms with Crippen LogP contribution in [0.15, 0.2) is 66.7 Å². The zero-order valence-corrected chi connectivity index (χ0v) is 11.7. The zero-order chi connectivity index (χ0) is 14.5. The maximum absolute atomic E-state index is 5.66. The standard InChI is InChI=1S/C18H17N3/c19-12-11-18-20-16(14-7-3-1-4-8-14)13-17(21-18)15-9-5-2-6-10-15/h1-10,13H,11-12,19H2. The van der Waals surface area contributed by atoms with Crippen LogP contribution in [-0.2, 0) is 6.42 Å². The minimum absolute atomic E-state index is 0.548. The Morgan fingerprint density at radius 1 is 0.714 bits per heavy atom. The monoisotopic (exact) mass is 275 g/mol. The van der Waals surface area contributed by atoms with E-state index in [1.54, 1.807) is 0 Å². The molecule has 3 rings (SSSR count). The summed E-state index contributed by atoms with van der Waals surface area (Å²) in [6.45, 7) is 0.548. The Balaban J connectivity index is 2.11. The lowest BCUT2D eigenvalue weighted by molar-refractivity contribution is 0.872. The van der Waals surface area contributed by atoms with Crippen molar-refractivity contribution in [2.45, 2.75) is 6.42 Å². The number of nitrogens with zero attached hydrogens (tertiary/aromatic N) is 2. The van der Waals surface area contributed by atoms with E-state index in [9.17, 15) is 0 Å². The molecule has 0 aliphatic rings. The highest BCUT2D eigenvalue weighted by Gasteiger charge is 2.07. The van der Waals surface area contributed by atoms with Crippen LogP contribution in [0.4, 0.5) is 0 Å². The molecule has 0 unspecified atom stereocenters. The predicted molar refractivity (Wildman–Crippen MR) is 85.7 cm³/mol. The molecular weight excluding hydrogens is 258 g/mol. The van der Waals surface area contributed by atoms with Crippen LogP contribution < -0.4 is 5.73 Å². The number of nitrogens with two attached hydrogens (primary N) is 1. The third-order valence-electron chi connectivity index (χ3n) is 3.28. The van der Waals surface area contributed by atoms with Crippen molar-refractivity contribution in [1.82, 2.24) is 9.97 Å². The summed E-state index contributed by atoms with van der Waals surface area (Å²) in [5, 5.41) is 0. The van der Waals surface area contributed by atoms with E-state index in [1.807, 2.05) is 42.5 Å². The van der Waals surface area contributed by atoms with Crippen molar-refractivity contribution in [3.05, 3.63) is 72.6 Å². The number of hydrogen-bond donors (Lipinski definition) is 1. The topological polar surface area (TPSA) is 51.8 Å². The summed E-state index contributed by atoms with van der Waals surface area (Å²) in [4.78, 5) is 9.26. The Hall–Kier alpha value is -2.52. The molecule has 2 N–H and O–H groups in total. The van der Waals surface area contributed by atoms with Crippen molar-refractivity contribution in [2.24, 2.45) is 5.73 Å². The van der Waals surface area contributed by atoms with E-state index >= 15 is 0 Å². The Morgan fingerprint density at radius 2 is 1.19 bits per heavy atom. The van der Waals surface area contributed by atoms with E-state index < -0.39 is 0 Å². The first-order valence-corrected chi connectivity index (χ1v) is 7.05. The largest absolute Gasteiger partial charge is 0.330 e. The Kier molecular flexibility index (Phi) is 4.03. The molecule has 0 bridgehead atoms. The van der Waals surface area contributed by atoms with Gasteiger partial charge >= 0.3 is 0 Å². The summed E-state index contributed by atoms with van der Waals surface area (Å²) >= 11 is 0. The SMILES string of the molecule is NCCc1nc(-c2ccccc2)cc(-c2ccccc2)n1. The molecule has 0 atom stereocenters. The maximum atomic E-state index is 5.66. The minimum atomic E-state index is 0.548. The maximum Gasteiger partial charge on any atom is 0.130 e. The van der Waals surface area contributed by atoms with Crippen LogP contribution >= 0.6 is 0 Å². The van der Waals surface area contributed by atoms with Gasteiger partial charge in [0.2, 0.25) is 0 Å². The summed E-state index contributed by atoms with van der Waals surface area (Å²) in [7, 11) is 0. The second-order valence-corrected chi connectivity index (χ2v) is 4.83. The third kappa shape index (κ3) is 3.15. The highest BCUT2D eigenvalue weighted by atomic mass is 14.9. The van der Waals surface area contributed by atoms with Crippen LogP contribution in [0.2, 0.25) is 0 Å². The van der Waals surface area contributed by atoms with E-state index in [0.29, 0.717) is 13.0 Å². The quantitative estimate of drug-likeness (QED) is 0.794. The summed E-state index contributed by atoms with van der Waals surface area (Å²) in [5.41, 5.74) is 9.72. The molecule has 21 heavy (non-hydrogen) atoms. The van der Waals surface area contributed by atoms with Crippen LogP contribution in [0, 0.1) is 0 Å². The second-order valence-electron chi connectivity index (χ2n) is 4.83. The van der Waals surface area contributed by atoms with Gasteiger partial charge in [0, 0.05) is 17.5 Å². The molecule has 0 saturated heterocycles. The molecule has 1 heterocycles. The molecule has 0 aliphatic heterocycles. The average molecular weight is 275 g/mol. The first kappa shape index (κ1) is 13.5. The van der Waals surface area contributed by atoms with Crippen molar-refractivity contribution in [2.75, 3.05) is 6.54 Å². The van der Waals surface area contributed by atoms with Gasteiger partial charge < -0.3 is 5.73 Å². The average Bonchev–Trinajstić information content (AvgIpc) is 2.56. The van der Waals surface area contributed by atoms with E-state index in [2.05, 4.69) is 34.2 Å². The van der Waals surface area contributed by atoms with Crippen molar-refractivity contribution >= 4 is 0 Å². The van der Waals surface area contributed by atoms with E-state index in [-0.39, 0.29) is 0 Å². The van der Waals surface area contributed by atoms with E-state index in [4.69, 9.17) is 5.73 Å². The summed E-state index contributed by atoms with van der Waals surface area (Å²) < 4.78 is 0. The molecule has 1 aromatic heterocycles. The fraction of sp³-hybridized carbons (Fsp3) is 0.111. The van der Waals surface area contributed by atoms with Gasteiger partial charge in [0.25, 0.3) is 0 Å². The lowest BCUT2D eigenvalue weighted by atomic mass is 10.1. The molecule has 0 aliphatic carbocycles. The van der Waals surface area contributed by atoms with Gasteiger partial charge in [0.05, 0.1) is 11.4 Å². The van der Waals surface area contributed by atoms with Crippen LogP contribution in [0.25, 0.3) is 22.5 Å². The van der Waals surface area contributed by atoms with Crippen LogP contribution in [-0.4, -0.2) is 16.5 Å². The second kappa shape index (κ2) is 6.29. The Morgan fingerprint density at radius 3 is 1.62 bits per heavy atom. The van der Waals surface area contributed by atoms with Gasteiger partial charge in [0.15, 0.2) is 0 Å². The van der Waals surface area contributed by atoms with Crippen LogP contribution in [0.3, 0.4) is 0 Å². The zero-order valence-electron chi connectivity index (χ0n) is 11.7. The Bertz CT molecular complexity index is 651. The number of aromatic nitrogens is 2. The smallest absolute Gasteiger partial charge is 0.130 e. The highest BCUT2D eigenvalue weighted by molar-refractivity contribution is 5.67. The van der Waals surface area contributed by atoms with E-state index in [1.165, 1.54) is 0 Å². The first-order valence-electron chi connectivity index (χ1n) is 7.05. The number of benzene rings is 2. The summed E-state index contributed by atoms with van der Waals surface area (Å²) in [6.07, 6.45) is 0.681. The van der Waals surface area contributed by atoms with Gasteiger partial charge in [-0.2, -0.15) is 0 Å². The van der Waals surface area contributed by atoms with Gasteiger partial charge in [-0.15, -0.1) is 0 Å². The lowest BCUT2D eigenvalue weighted by Gasteiger charge is -2.08. The minimum Gasteiger partial charge on any atom is -0.330 e. The lowest BCUT2D eigenvalue weighted by Crippen LogP contribution is -2.07. The molecular formula is C18H17N3. The summed E-state index contributed by atoms with van der Waals surface area (Å²) in [5.74, 6) is 0.790. The molecule has 3 aromatic rings. The normalized spacial score (nSPS) is 10.5. The molecule has 0 spiro atoms. The molecule has 0 amide bonds. The van der Waals surface area contributed by atoms with Gasteiger partial charge in [-0.3, -0.25) is 0 Å². The Labute approximate surface area is 124 Å². The first-order chi connectivity index (χ1) is 10.4. The van der Waals surface area contributed by atoms with Gasteiger partial charge in [-0.25, -0.2) is 9.97 Å². The fourth-order valence-electron chi connectivity index (χ4n) is 2.25. The van der Waals surface area contributed by atoms with Crippen molar-refractivity contribution in [1.29, 1.82) is 0 Å². The molecule has 2 aromatic carbocycles. The molecule has 3 nitrogen and oxygen atoms in total. The number of hydrogen-bond acceptors (Lipinski definition) is 3. The molecule has 0 fully saturated rings. The number of rotatable bonds is 4. The van der Waals surface area contributed by atoms with Gasteiger partial charge in [0.1, 0.15) is 5.82 Å². The van der Waals surface area contributed by atoms with Crippen molar-refractivity contribution in [3.63, 3.8) is 0 Å². The molecule has 104 valence electrons. The summed E-state index contributed by atoms with van der Waals surface area (Å²) in [6, 6.07) is 22.3. The van der Waals surface area contributed by atoms with Crippen molar-refractivity contribution < 1.29 is 0 Å².